The average molecular weight is 452 g/mol. The summed E-state index contributed by atoms with van der Waals surface area (Å²) in [4.78, 5) is 44.2. The van der Waals surface area contributed by atoms with Crippen LogP contribution in [-0.2, 0) is 22.6 Å². The van der Waals surface area contributed by atoms with Gasteiger partial charge in [0, 0.05) is 17.8 Å². The van der Waals surface area contributed by atoms with Crippen LogP contribution in [0.3, 0.4) is 0 Å². The smallest absolute Gasteiger partial charge is 0.261 e. The van der Waals surface area contributed by atoms with Crippen LogP contribution in [0.1, 0.15) is 49.8 Å². The summed E-state index contributed by atoms with van der Waals surface area (Å²) in [5, 5.41) is 7.47. The zero-order valence-electron chi connectivity index (χ0n) is 17.3. The fourth-order valence-electron chi connectivity index (χ4n) is 3.97. The number of rotatable bonds is 6. The van der Waals surface area contributed by atoms with Gasteiger partial charge in [0.15, 0.2) is 5.82 Å². The lowest BCUT2D eigenvalue weighted by molar-refractivity contribution is -0.116. The van der Waals surface area contributed by atoms with E-state index in [0.717, 1.165) is 16.0 Å². The zero-order chi connectivity index (χ0) is 22.2. The van der Waals surface area contributed by atoms with Crippen LogP contribution < -0.4 is 5.32 Å². The summed E-state index contributed by atoms with van der Waals surface area (Å²) >= 11 is 1.44. The fourth-order valence-corrected chi connectivity index (χ4v) is 5.17. The van der Waals surface area contributed by atoms with Gasteiger partial charge in [-0.15, -0.1) is 11.3 Å². The van der Waals surface area contributed by atoms with Gasteiger partial charge >= 0.3 is 0 Å². The number of benzene rings is 1. The van der Waals surface area contributed by atoms with Crippen molar-refractivity contribution in [3.63, 3.8) is 0 Å². The Labute approximate surface area is 187 Å². The molecule has 3 aromatic rings. The molecule has 4 heterocycles. The van der Waals surface area contributed by atoms with Crippen LogP contribution >= 0.6 is 11.3 Å². The average Bonchev–Trinajstić information content (AvgIpc) is 3.44. The standard InChI is InChI=1S/C22H20N4O5S/c1-12-23-19(31-25-12)18-15-8-10-30-11-16(15)32-20(18)24-17(27)7-4-9-26-21(28)13-5-2-3-6-14(13)22(26)29/h2-3,5-6H,4,7-11H2,1H3,(H,24,27). The predicted octanol–water partition coefficient (Wildman–Crippen LogP) is 3.19. The van der Waals surface area contributed by atoms with Crippen molar-refractivity contribution in [2.75, 3.05) is 18.5 Å². The number of amides is 3. The molecular weight excluding hydrogens is 432 g/mol. The molecular formula is C22H20N4O5S. The van der Waals surface area contributed by atoms with Crippen LogP contribution in [-0.4, -0.2) is 45.9 Å². The number of anilines is 1. The fraction of sp³-hybridized carbons (Fsp3) is 0.318. The molecule has 10 heteroatoms. The Morgan fingerprint density at radius 2 is 1.97 bits per heavy atom. The number of thiophene rings is 1. The molecule has 2 aliphatic heterocycles. The van der Waals surface area contributed by atoms with Crippen molar-refractivity contribution >= 4 is 34.1 Å². The molecule has 1 aromatic carbocycles. The molecule has 164 valence electrons. The van der Waals surface area contributed by atoms with E-state index in [-0.39, 0.29) is 30.7 Å². The van der Waals surface area contributed by atoms with Gasteiger partial charge in [-0.2, -0.15) is 4.98 Å². The lowest BCUT2D eigenvalue weighted by Gasteiger charge is -2.13. The first kappa shape index (κ1) is 20.5. The molecule has 9 nitrogen and oxygen atoms in total. The topological polar surface area (TPSA) is 115 Å². The Kier molecular flexibility index (Phi) is 5.32. The van der Waals surface area contributed by atoms with Crippen LogP contribution in [0.25, 0.3) is 11.5 Å². The molecule has 0 atom stereocenters. The van der Waals surface area contributed by atoms with Crippen molar-refractivity contribution in [3.8, 4) is 11.5 Å². The summed E-state index contributed by atoms with van der Waals surface area (Å²) in [6, 6.07) is 6.75. The number of nitrogens with one attached hydrogen (secondary N) is 1. The normalized spacial score (nSPS) is 15.1. The highest BCUT2D eigenvalue weighted by Gasteiger charge is 2.34. The highest BCUT2D eigenvalue weighted by atomic mass is 32.1. The van der Waals surface area contributed by atoms with Gasteiger partial charge in [-0.1, -0.05) is 17.3 Å². The van der Waals surface area contributed by atoms with E-state index in [9.17, 15) is 14.4 Å². The van der Waals surface area contributed by atoms with Gasteiger partial charge in [0.2, 0.25) is 5.91 Å². The van der Waals surface area contributed by atoms with Crippen molar-refractivity contribution in [2.45, 2.75) is 32.8 Å². The third-order valence-electron chi connectivity index (χ3n) is 5.48. The molecule has 0 radical (unpaired) electrons. The van der Waals surface area contributed by atoms with Crippen molar-refractivity contribution < 1.29 is 23.6 Å². The second kappa shape index (κ2) is 8.29. The number of ether oxygens (including phenoxy) is 1. The number of nitrogens with zero attached hydrogens (tertiary/aromatic N) is 3. The predicted molar refractivity (Wildman–Crippen MR) is 115 cm³/mol. The second-order valence-corrected chi connectivity index (χ2v) is 8.72. The van der Waals surface area contributed by atoms with Crippen LogP contribution in [0.15, 0.2) is 28.8 Å². The van der Waals surface area contributed by atoms with E-state index in [2.05, 4.69) is 15.5 Å². The van der Waals surface area contributed by atoms with Gasteiger partial charge < -0.3 is 14.6 Å². The van der Waals surface area contributed by atoms with E-state index in [1.54, 1.807) is 31.2 Å². The summed E-state index contributed by atoms with van der Waals surface area (Å²) < 4.78 is 10.9. The monoisotopic (exact) mass is 452 g/mol. The maximum atomic E-state index is 12.7. The molecule has 3 amide bonds. The molecule has 32 heavy (non-hydrogen) atoms. The maximum Gasteiger partial charge on any atom is 0.261 e. The molecule has 0 fully saturated rings. The van der Waals surface area contributed by atoms with E-state index in [0.29, 0.717) is 53.9 Å². The van der Waals surface area contributed by atoms with Crippen LogP contribution in [0.2, 0.25) is 0 Å². The molecule has 0 bridgehead atoms. The number of hydrogen-bond donors (Lipinski definition) is 1. The number of hydrogen-bond acceptors (Lipinski definition) is 8. The highest BCUT2D eigenvalue weighted by molar-refractivity contribution is 7.17. The largest absolute Gasteiger partial charge is 0.376 e. The van der Waals surface area contributed by atoms with Gasteiger partial charge in [-0.3, -0.25) is 19.3 Å². The second-order valence-electron chi connectivity index (χ2n) is 7.62. The first-order chi connectivity index (χ1) is 15.5. The summed E-state index contributed by atoms with van der Waals surface area (Å²) in [5.41, 5.74) is 2.63. The molecule has 0 saturated heterocycles. The van der Waals surface area contributed by atoms with Gasteiger partial charge in [0.05, 0.1) is 29.9 Å². The number of fused-ring (bicyclic) bond motifs is 2. The van der Waals surface area contributed by atoms with E-state index < -0.39 is 0 Å². The molecule has 5 rings (SSSR count). The molecule has 0 unspecified atom stereocenters. The number of aromatic nitrogens is 2. The number of aryl methyl sites for hydroxylation is 1. The van der Waals surface area contributed by atoms with E-state index in [4.69, 9.17) is 9.26 Å². The first-order valence-corrected chi connectivity index (χ1v) is 11.1. The van der Waals surface area contributed by atoms with Crippen molar-refractivity contribution in [1.29, 1.82) is 0 Å². The summed E-state index contributed by atoms with van der Waals surface area (Å²) in [7, 11) is 0. The summed E-state index contributed by atoms with van der Waals surface area (Å²) in [5.74, 6) is 0.0593. The van der Waals surface area contributed by atoms with Gasteiger partial charge in [-0.05, 0) is 37.5 Å². The Bertz CT molecular complexity index is 1200. The number of imide groups is 1. The maximum absolute atomic E-state index is 12.7. The highest BCUT2D eigenvalue weighted by Crippen LogP contribution is 2.42. The van der Waals surface area contributed by atoms with Gasteiger partial charge in [-0.25, -0.2) is 0 Å². The van der Waals surface area contributed by atoms with Gasteiger partial charge in [0.25, 0.3) is 17.7 Å². The van der Waals surface area contributed by atoms with Gasteiger partial charge in [0.1, 0.15) is 5.00 Å². The Morgan fingerprint density at radius 3 is 2.66 bits per heavy atom. The summed E-state index contributed by atoms with van der Waals surface area (Å²) in [6.07, 6.45) is 1.23. The lowest BCUT2D eigenvalue weighted by atomic mass is 10.1. The molecule has 1 N–H and O–H groups in total. The van der Waals surface area contributed by atoms with E-state index in [1.807, 2.05) is 0 Å². The minimum Gasteiger partial charge on any atom is -0.376 e. The van der Waals surface area contributed by atoms with Crippen LogP contribution in [0, 0.1) is 6.92 Å². The van der Waals surface area contributed by atoms with Crippen LogP contribution in [0.5, 0.6) is 0 Å². The van der Waals surface area contributed by atoms with Crippen LogP contribution in [0.4, 0.5) is 5.00 Å². The Morgan fingerprint density at radius 1 is 1.22 bits per heavy atom. The lowest BCUT2D eigenvalue weighted by Crippen LogP contribution is -2.31. The van der Waals surface area contributed by atoms with Crippen molar-refractivity contribution in [1.82, 2.24) is 15.0 Å². The minimum atomic E-state index is -0.314. The SMILES string of the molecule is Cc1noc(-c2c(NC(=O)CCCN3C(=O)c4ccccc4C3=O)sc3c2CCOC3)n1. The molecule has 0 spiro atoms. The van der Waals surface area contributed by atoms with Crippen molar-refractivity contribution in [2.24, 2.45) is 0 Å². The number of carbonyl (C=O) groups is 3. The molecule has 0 saturated carbocycles. The third kappa shape index (κ3) is 3.61. The Balaban J connectivity index is 1.26. The molecule has 0 aliphatic carbocycles. The zero-order valence-corrected chi connectivity index (χ0v) is 18.2. The van der Waals surface area contributed by atoms with E-state index >= 15 is 0 Å². The Hall–Kier alpha value is -3.37. The first-order valence-electron chi connectivity index (χ1n) is 10.3. The molecule has 2 aromatic heterocycles. The van der Waals surface area contributed by atoms with Crippen molar-refractivity contribution in [3.05, 3.63) is 51.7 Å². The van der Waals surface area contributed by atoms with E-state index in [1.165, 1.54) is 16.2 Å². The third-order valence-corrected chi connectivity index (χ3v) is 6.60. The minimum absolute atomic E-state index is 0.161. The number of carbonyl (C=O) groups excluding carboxylic acids is 3. The summed E-state index contributed by atoms with van der Waals surface area (Å²) in [6.45, 7) is 3.00. The molecule has 2 aliphatic rings. The quantitative estimate of drug-likeness (QED) is 0.571.